The lowest BCUT2D eigenvalue weighted by Crippen LogP contribution is -1.92. The Bertz CT molecular complexity index is 523. The van der Waals surface area contributed by atoms with E-state index in [9.17, 15) is 12.8 Å². The molecular formula is C10H9FO3S. The molecule has 5 heteroatoms. The predicted molar refractivity (Wildman–Crippen MR) is 54.7 cm³/mol. The van der Waals surface area contributed by atoms with Crippen molar-refractivity contribution in [1.29, 1.82) is 0 Å². The molecule has 0 bridgehead atoms. The van der Waals surface area contributed by atoms with Crippen molar-refractivity contribution in [3.8, 4) is 16.9 Å². The quantitative estimate of drug-likeness (QED) is 0.678. The zero-order valence-corrected chi connectivity index (χ0v) is 9.06. The Morgan fingerprint density at radius 2 is 2.07 bits per heavy atom. The monoisotopic (exact) mass is 228 g/mol. The molecule has 0 aromatic heterocycles. The third kappa shape index (κ3) is 3.60. The van der Waals surface area contributed by atoms with Gasteiger partial charge in [-0.1, -0.05) is 0 Å². The fourth-order valence-corrected chi connectivity index (χ4v) is 1.21. The first-order valence-electron chi connectivity index (χ1n) is 3.99. The van der Waals surface area contributed by atoms with Crippen molar-refractivity contribution in [2.24, 2.45) is 0 Å². The van der Waals surface area contributed by atoms with Crippen molar-refractivity contribution in [2.45, 2.75) is 0 Å². The van der Waals surface area contributed by atoms with Crippen molar-refractivity contribution in [3.05, 3.63) is 29.6 Å². The summed E-state index contributed by atoms with van der Waals surface area (Å²) in [5, 5.41) is 2.05. The highest BCUT2D eigenvalue weighted by Gasteiger charge is 2.02. The molecule has 0 saturated heterocycles. The second kappa shape index (κ2) is 4.32. The SMILES string of the molecule is COc1cc(F)ccc1C#CS(C)(=O)=O. The average Bonchev–Trinajstić information content (AvgIpc) is 2.14. The molecule has 0 spiro atoms. The van der Waals surface area contributed by atoms with Gasteiger partial charge in [0.2, 0.25) is 9.84 Å². The van der Waals surface area contributed by atoms with Crippen LogP contribution in [0.2, 0.25) is 0 Å². The lowest BCUT2D eigenvalue weighted by molar-refractivity contribution is 0.410. The summed E-state index contributed by atoms with van der Waals surface area (Å²) >= 11 is 0. The molecular weight excluding hydrogens is 219 g/mol. The summed E-state index contributed by atoms with van der Waals surface area (Å²) in [7, 11) is -2.01. The van der Waals surface area contributed by atoms with Gasteiger partial charge < -0.3 is 4.74 Å². The third-order valence-corrected chi connectivity index (χ3v) is 2.01. The van der Waals surface area contributed by atoms with Gasteiger partial charge in [-0.3, -0.25) is 0 Å². The molecule has 0 amide bonds. The predicted octanol–water partition coefficient (Wildman–Crippen LogP) is 1.19. The fraction of sp³-hybridized carbons (Fsp3) is 0.200. The number of sulfone groups is 1. The zero-order valence-electron chi connectivity index (χ0n) is 8.24. The molecule has 3 nitrogen and oxygen atoms in total. The van der Waals surface area contributed by atoms with Crippen molar-refractivity contribution in [1.82, 2.24) is 0 Å². The minimum Gasteiger partial charge on any atom is -0.495 e. The first-order valence-corrected chi connectivity index (χ1v) is 5.88. The van der Waals surface area contributed by atoms with Crippen molar-refractivity contribution < 1.29 is 17.5 Å². The van der Waals surface area contributed by atoms with Crippen LogP contribution in [0.3, 0.4) is 0 Å². The maximum Gasteiger partial charge on any atom is 0.214 e. The summed E-state index contributed by atoms with van der Waals surface area (Å²) in [5.41, 5.74) is 0.337. The summed E-state index contributed by atoms with van der Waals surface area (Å²) in [4.78, 5) is 0. The first kappa shape index (κ1) is 11.5. The first-order chi connectivity index (χ1) is 6.92. The van der Waals surface area contributed by atoms with Crippen LogP contribution in [0, 0.1) is 17.0 Å². The number of benzene rings is 1. The Labute approximate surface area is 87.8 Å². The van der Waals surface area contributed by atoms with Gasteiger partial charge in [0.25, 0.3) is 0 Å². The summed E-state index contributed by atoms with van der Waals surface area (Å²) in [6.07, 6.45) is 0.996. The van der Waals surface area contributed by atoms with Crippen LogP contribution in [0.25, 0.3) is 0 Å². The lowest BCUT2D eigenvalue weighted by atomic mass is 10.2. The Balaban J connectivity index is 3.20. The number of halogens is 1. The minimum atomic E-state index is -3.37. The summed E-state index contributed by atoms with van der Waals surface area (Å²) < 4.78 is 39.2. The highest BCUT2D eigenvalue weighted by molar-refractivity contribution is 7.95. The van der Waals surface area contributed by atoms with Crippen molar-refractivity contribution >= 4 is 9.84 Å². The zero-order chi connectivity index (χ0) is 11.5. The summed E-state index contributed by atoms with van der Waals surface area (Å²) in [6.45, 7) is 0. The minimum absolute atomic E-state index is 0.214. The topological polar surface area (TPSA) is 43.4 Å². The summed E-state index contributed by atoms with van der Waals surface area (Å²) in [5.74, 6) is 2.15. The lowest BCUT2D eigenvalue weighted by Gasteiger charge is -2.01. The van der Waals surface area contributed by atoms with Gasteiger partial charge in [-0.2, -0.15) is 0 Å². The Kier molecular flexibility index (Phi) is 3.32. The van der Waals surface area contributed by atoms with Crippen LogP contribution in [0.1, 0.15) is 5.56 Å². The molecule has 0 N–H and O–H groups in total. The van der Waals surface area contributed by atoms with E-state index in [1.807, 2.05) is 0 Å². The molecule has 1 aromatic rings. The molecule has 0 unspecified atom stereocenters. The van der Waals surface area contributed by atoms with Gasteiger partial charge in [0.1, 0.15) is 11.6 Å². The Morgan fingerprint density at radius 3 is 2.60 bits per heavy atom. The molecule has 1 rings (SSSR count). The van der Waals surface area contributed by atoms with E-state index in [1.54, 1.807) is 0 Å². The second-order valence-electron chi connectivity index (χ2n) is 2.84. The molecule has 0 saturated carbocycles. The maximum absolute atomic E-state index is 12.8. The van der Waals surface area contributed by atoms with Gasteiger partial charge in [0.15, 0.2) is 0 Å². The van der Waals surface area contributed by atoms with E-state index < -0.39 is 15.7 Å². The van der Waals surface area contributed by atoms with E-state index in [-0.39, 0.29) is 5.75 Å². The third-order valence-electron chi connectivity index (χ3n) is 1.53. The van der Waals surface area contributed by atoms with Crippen molar-refractivity contribution in [3.63, 3.8) is 0 Å². The van der Waals surface area contributed by atoms with E-state index >= 15 is 0 Å². The van der Waals surface area contributed by atoms with E-state index in [4.69, 9.17) is 4.74 Å². The van der Waals surface area contributed by atoms with Gasteiger partial charge in [-0.05, 0) is 18.1 Å². The van der Waals surface area contributed by atoms with Crippen LogP contribution in [0.4, 0.5) is 4.39 Å². The number of hydrogen-bond donors (Lipinski definition) is 0. The van der Waals surface area contributed by atoms with Crippen molar-refractivity contribution in [2.75, 3.05) is 13.4 Å². The van der Waals surface area contributed by atoms with Gasteiger partial charge in [-0.25, -0.2) is 12.8 Å². The van der Waals surface area contributed by atoms with E-state index in [0.29, 0.717) is 5.56 Å². The molecule has 80 valence electrons. The molecule has 0 heterocycles. The Morgan fingerprint density at radius 1 is 1.40 bits per heavy atom. The van der Waals surface area contributed by atoms with Crippen LogP contribution in [0.15, 0.2) is 18.2 Å². The molecule has 0 aliphatic carbocycles. The molecule has 0 aliphatic rings. The molecule has 15 heavy (non-hydrogen) atoms. The number of methoxy groups -OCH3 is 1. The van der Waals surface area contributed by atoms with E-state index in [1.165, 1.54) is 19.2 Å². The van der Waals surface area contributed by atoms with Crippen LogP contribution in [-0.4, -0.2) is 21.8 Å². The maximum atomic E-state index is 12.8. The van der Waals surface area contributed by atoms with E-state index in [2.05, 4.69) is 11.2 Å². The Hall–Kier alpha value is -1.54. The molecule has 0 aliphatic heterocycles. The van der Waals surface area contributed by atoms with Crippen LogP contribution in [-0.2, 0) is 9.84 Å². The van der Waals surface area contributed by atoms with Gasteiger partial charge >= 0.3 is 0 Å². The smallest absolute Gasteiger partial charge is 0.214 e. The largest absolute Gasteiger partial charge is 0.495 e. The van der Waals surface area contributed by atoms with Gasteiger partial charge in [0.05, 0.1) is 18.9 Å². The normalized spacial score (nSPS) is 10.3. The second-order valence-corrected chi connectivity index (χ2v) is 4.59. The van der Waals surface area contributed by atoms with Crippen LogP contribution in [0.5, 0.6) is 5.75 Å². The number of rotatable bonds is 1. The standard InChI is InChI=1S/C10H9FO3S/c1-14-10-7-9(11)4-3-8(10)5-6-15(2,12)13/h3-4,7H,1-2H3. The van der Waals surface area contributed by atoms with E-state index in [0.717, 1.165) is 12.3 Å². The van der Waals surface area contributed by atoms with Crippen LogP contribution < -0.4 is 4.74 Å². The van der Waals surface area contributed by atoms with Gasteiger partial charge in [-0.15, -0.1) is 0 Å². The molecule has 0 fully saturated rings. The highest BCUT2D eigenvalue weighted by atomic mass is 32.2. The molecule has 1 aromatic carbocycles. The number of ether oxygens (including phenoxy) is 1. The average molecular weight is 228 g/mol. The highest BCUT2D eigenvalue weighted by Crippen LogP contribution is 2.18. The molecule has 0 radical (unpaired) electrons. The number of hydrogen-bond acceptors (Lipinski definition) is 3. The molecule has 0 atom stereocenters. The van der Waals surface area contributed by atoms with Gasteiger partial charge in [0, 0.05) is 11.3 Å². The fourth-order valence-electron chi connectivity index (χ4n) is 0.916. The summed E-state index contributed by atoms with van der Waals surface area (Å²) in [6, 6.07) is 3.70. The van der Waals surface area contributed by atoms with Crippen LogP contribution >= 0.6 is 0 Å².